The first kappa shape index (κ1) is 14.8. The zero-order valence-corrected chi connectivity index (χ0v) is 14.2. The molecule has 0 bridgehead atoms. The molecule has 2 aliphatic rings. The maximum Gasteiger partial charge on any atom is 0.231 e. The fourth-order valence-electron chi connectivity index (χ4n) is 3.71. The standard InChI is InChI=1S/C20H20N2O3/c1-13-2-4-17-16(8-13)21-20(25-17)15-6-7-22(11-15)10-14-3-5-18-19(9-14)24-12-23-18/h2-5,8-9,15H,6-7,10-12H2,1H3. The summed E-state index contributed by atoms with van der Waals surface area (Å²) in [5.74, 6) is 2.92. The smallest absolute Gasteiger partial charge is 0.231 e. The lowest BCUT2D eigenvalue weighted by Gasteiger charge is -2.15. The lowest BCUT2D eigenvalue weighted by Crippen LogP contribution is -2.19. The van der Waals surface area contributed by atoms with Crippen LogP contribution in [0.25, 0.3) is 11.1 Å². The Balaban J connectivity index is 1.30. The normalized spacial score (nSPS) is 19.8. The van der Waals surface area contributed by atoms with E-state index in [0.717, 1.165) is 54.5 Å². The van der Waals surface area contributed by atoms with E-state index in [4.69, 9.17) is 18.9 Å². The molecule has 2 aliphatic heterocycles. The van der Waals surface area contributed by atoms with Crippen molar-refractivity contribution in [2.75, 3.05) is 19.9 Å². The van der Waals surface area contributed by atoms with Crippen molar-refractivity contribution in [1.29, 1.82) is 0 Å². The van der Waals surface area contributed by atoms with Crippen molar-refractivity contribution >= 4 is 11.1 Å². The highest BCUT2D eigenvalue weighted by molar-refractivity contribution is 5.73. The number of aromatic nitrogens is 1. The topological polar surface area (TPSA) is 47.7 Å². The van der Waals surface area contributed by atoms with Crippen LogP contribution in [0.4, 0.5) is 0 Å². The Bertz CT molecular complexity index is 934. The summed E-state index contributed by atoms with van der Waals surface area (Å²) in [5, 5.41) is 0. The molecule has 0 aliphatic carbocycles. The van der Waals surface area contributed by atoms with Gasteiger partial charge in [0.05, 0.1) is 0 Å². The highest BCUT2D eigenvalue weighted by Crippen LogP contribution is 2.34. The first-order chi connectivity index (χ1) is 12.2. The predicted molar refractivity (Wildman–Crippen MR) is 93.9 cm³/mol. The second-order valence-electron chi connectivity index (χ2n) is 6.93. The van der Waals surface area contributed by atoms with Gasteiger partial charge in [-0.15, -0.1) is 0 Å². The summed E-state index contributed by atoms with van der Waals surface area (Å²) in [6.07, 6.45) is 1.08. The maximum atomic E-state index is 5.99. The Morgan fingerprint density at radius 2 is 2.04 bits per heavy atom. The number of benzene rings is 2. The minimum atomic E-state index is 0.321. The van der Waals surface area contributed by atoms with Crippen LogP contribution in [0, 0.1) is 6.92 Å². The highest BCUT2D eigenvalue weighted by Gasteiger charge is 2.28. The van der Waals surface area contributed by atoms with Gasteiger partial charge in [-0.2, -0.15) is 0 Å². The van der Waals surface area contributed by atoms with Crippen molar-refractivity contribution in [1.82, 2.24) is 9.88 Å². The summed E-state index contributed by atoms with van der Waals surface area (Å²) in [5.41, 5.74) is 4.31. The molecule has 5 heteroatoms. The fraction of sp³-hybridized carbons (Fsp3) is 0.350. The van der Waals surface area contributed by atoms with E-state index in [0.29, 0.717) is 12.7 Å². The van der Waals surface area contributed by atoms with E-state index in [1.165, 1.54) is 11.1 Å². The van der Waals surface area contributed by atoms with Crippen molar-refractivity contribution < 1.29 is 13.9 Å². The molecule has 0 saturated carbocycles. The third kappa shape index (κ3) is 2.74. The quantitative estimate of drug-likeness (QED) is 0.727. The Hall–Kier alpha value is -2.53. The number of hydrogen-bond donors (Lipinski definition) is 0. The van der Waals surface area contributed by atoms with Crippen LogP contribution < -0.4 is 9.47 Å². The zero-order valence-electron chi connectivity index (χ0n) is 14.2. The van der Waals surface area contributed by atoms with Crippen LogP contribution in [-0.2, 0) is 6.54 Å². The number of likely N-dealkylation sites (tertiary alicyclic amines) is 1. The van der Waals surface area contributed by atoms with Gasteiger partial charge in [0, 0.05) is 19.0 Å². The molecule has 0 amide bonds. The van der Waals surface area contributed by atoms with E-state index in [2.05, 4.69) is 36.1 Å². The molecule has 2 aromatic carbocycles. The third-order valence-corrected chi connectivity index (χ3v) is 5.02. The van der Waals surface area contributed by atoms with Crippen molar-refractivity contribution in [2.45, 2.75) is 25.8 Å². The summed E-state index contributed by atoms with van der Waals surface area (Å²) in [6, 6.07) is 12.4. The molecule has 1 fully saturated rings. The first-order valence-electron chi connectivity index (χ1n) is 8.72. The van der Waals surface area contributed by atoms with Crippen LogP contribution in [0.3, 0.4) is 0 Å². The number of fused-ring (bicyclic) bond motifs is 2. The van der Waals surface area contributed by atoms with Crippen LogP contribution in [-0.4, -0.2) is 29.8 Å². The molecular formula is C20H20N2O3. The Morgan fingerprint density at radius 1 is 1.12 bits per heavy atom. The first-order valence-corrected chi connectivity index (χ1v) is 8.72. The van der Waals surface area contributed by atoms with Gasteiger partial charge in [0.2, 0.25) is 6.79 Å². The second kappa shape index (κ2) is 5.77. The van der Waals surface area contributed by atoms with Gasteiger partial charge in [-0.1, -0.05) is 12.1 Å². The van der Waals surface area contributed by atoms with E-state index < -0.39 is 0 Å². The van der Waals surface area contributed by atoms with E-state index >= 15 is 0 Å². The van der Waals surface area contributed by atoms with Crippen LogP contribution in [0.1, 0.15) is 29.4 Å². The lowest BCUT2D eigenvalue weighted by atomic mass is 10.1. The zero-order chi connectivity index (χ0) is 16.8. The fourth-order valence-corrected chi connectivity index (χ4v) is 3.71. The molecule has 1 aromatic heterocycles. The Kier molecular flexibility index (Phi) is 3.41. The summed E-state index contributed by atoms with van der Waals surface area (Å²) in [7, 11) is 0. The highest BCUT2D eigenvalue weighted by atomic mass is 16.7. The van der Waals surface area contributed by atoms with Crippen molar-refractivity contribution in [2.24, 2.45) is 0 Å². The molecule has 5 nitrogen and oxygen atoms in total. The van der Waals surface area contributed by atoms with Crippen molar-refractivity contribution in [3.05, 3.63) is 53.4 Å². The van der Waals surface area contributed by atoms with Crippen molar-refractivity contribution in [3.63, 3.8) is 0 Å². The minimum absolute atomic E-state index is 0.321. The monoisotopic (exact) mass is 336 g/mol. The number of oxazole rings is 1. The van der Waals surface area contributed by atoms with E-state index in [-0.39, 0.29) is 0 Å². The molecule has 25 heavy (non-hydrogen) atoms. The number of nitrogens with zero attached hydrogens (tertiary/aromatic N) is 2. The molecule has 1 unspecified atom stereocenters. The van der Waals surface area contributed by atoms with Gasteiger partial charge in [-0.05, 0) is 55.3 Å². The van der Waals surface area contributed by atoms with E-state index in [1.807, 2.05) is 12.1 Å². The summed E-state index contributed by atoms with van der Waals surface area (Å²) in [6.45, 7) is 5.34. The summed E-state index contributed by atoms with van der Waals surface area (Å²) in [4.78, 5) is 7.16. The van der Waals surface area contributed by atoms with Crippen molar-refractivity contribution in [3.8, 4) is 11.5 Å². The SMILES string of the molecule is Cc1ccc2oc(C3CCN(Cc4ccc5c(c4)OCO5)C3)nc2c1. The number of aryl methyl sites for hydroxylation is 1. The summed E-state index contributed by atoms with van der Waals surface area (Å²) < 4.78 is 16.8. The maximum absolute atomic E-state index is 5.99. The second-order valence-corrected chi connectivity index (χ2v) is 6.93. The van der Waals surface area contributed by atoms with Crippen LogP contribution in [0.2, 0.25) is 0 Å². The predicted octanol–water partition coefficient (Wildman–Crippen LogP) is 3.85. The van der Waals surface area contributed by atoms with E-state index in [9.17, 15) is 0 Å². The van der Waals surface area contributed by atoms with Gasteiger partial charge in [-0.25, -0.2) is 4.98 Å². The molecular weight excluding hydrogens is 316 g/mol. The number of rotatable bonds is 3. The molecule has 128 valence electrons. The lowest BCUT2D eigenvalue weighted by molar-refractivity contribution is 0.174. The Morgan fingerprint density at radius 3 is 3.00 bits per heavy atom. The molecule has 0 radical (unpaired) electrons. The van der Waals surface area contributed by atoms with Gasteiger partial charge in [0.25, 0.3) is 0 Å². The van der Waals surface area contributed by atoms with Crippen LogP contribution >= 0.6 is 0 Å². The number of ether oxygens (including phenoxy) is 2. The number of hydrogen-bond acceptors (Lipinski definition) is 5. The average Bonchev–Trinajstić information content (AvgIpc) is 3.32. The molecule has 3 heterocycles. The third-order valence-electron chi connectivity index (χ3n) is 5.02. The van der Waals surface area contributed by atoms with Crippen LogP contribution in [0.5, 0.6) is 11.5 Å². The van der Waals surface area contributed by atoms with E-state index in [1.54, 1.807) is 0 Å². The van der Waals surface area contributed by atoms with Crippen LogP contribution in [0.15, 0.2) is 40.8 Å². The van der Waals surface area contributed by atoms with Gasteiger partial charge >= 0.3 is 0 Å². The molecule has 1 atom stereocenters. The molecule has 1 saturated heterocycles. The average molecular weight is 336 g/mol. The molecule has 0 N–H and O–H groups in total. The Labute approximate surface area is 146 Å². The summed E-state index contributed by atoms with van der Waals surface area (Å²) >= 11 is 0. The van der Waals surface area contributed by atoms with Gasteiger partial charge in [0.1, 0.15) is 5.52 Å². The molecule has 5 rings (SSSR count). The largest absolute Gasteiger partial charge is 0.454 e. The van der Waals surface area contributed by atoms with Gasteiger partial charge in [0.15, 0.2) is 23.0 Å². The molecule has 3 aromatic rings. The minimum Gasteiger partial charge on any atom is -0.454 e. The van der Waals surface area contributed by atoms with Gasteiger partial charge < -0.3 is 13.9 Å². The molecule has 0 spiro atoms. The van der Waals surface area contributed by atoms with Gasteiger partial charge in [-0.3, -0.25) is 4.90 Å².